The Hall–Kier alpha value is -2.86. The van der Waals surface area contributed by atoms with Crippen LogP contribution in [0.2, 0.25) is 0 Å². The Balaban J connectivity index is 1.88. The van der Waals surface area contributed by atoms with E-state index in [1.807, 2.05) is 37.3 Å². The lowest BCUT2D eigenvalue weighted by Gasteiger charge is -2.43. The Bertz CT molecular complexity index is 853. The number of hydrogen-bond acceptors (Lipinski definition) is 4. The van der Waals surface area contributed by atoms with Crippen LogP contribution in [0.5, 0.6) is 5.75 Å². The largest absolute Gasteiger partial charge is 0.493 e. The van der Waals surface area contributed by atoms with Gasteiger partial charge in [0.25, 0.3) is 5.91 Å². The molecule has 0 aliphatic carbocycles. The molecule has 0 spiro atoms. The van der Waals surface area contributed by atoms with Gasteiger partial charge in [0.2, 0.25) is 0 Å². The molecule has 1 fully saturated rings. The van der Waals surface area contributed by atoms with Crippen molar-refractivity contribution in [2.45, 2.75) is 32.3 Å². The lowest BCUT2D eigenvalue weighted by Crippen LogP contribution is -2.58. The molecule has 3 rings (SSSR count). The first-order valence-electron chi connectivity index (χ1n) is 9.94. The van der Waals surface area contributed by atoms with E-state index in [1.54, 1.807) is 24.3 Å². The van der Waals surface area contributed by atoms with Gasteiger partial charge in [0.1, 0.15) is 11.2 Å². The molecule has 6 heteroatoms. The van der Waals surface area contributed by atoms with Gasteiger partial charge in [-0.05, 0) is 37.0 Å². The minimum absolute atomic E-state index is 0.0562. The van der Waals surface area contributed by atoms with E-state index < -0.39 is 17.5 Å². The Morgan fingerprint density at radius 1 is 1.14 bits per heavy atom. The predicted molar refractivity (Wildman–Crippen MR) is 109 cm³/mol. The molecular formula is C23H27NO5. The first-order chi connectivity index (χ1) is 14.0. The summed E-state index contributed by atoms with van der Waals surface area (Å²) in [6.45, 7) is 2.72. The molecule has 1 aliphatic heterocycles. The second kappa shape index (κ2) is 9.09. The molecule has 2 aromatic rings. The van der Waals surface area contributed by atoms with E-state index in [9.17, 15) is 19.8 Å². The molecule has 154 valence electrons. The number of hydrogen-bond donors (Lipinski definition) is 2. The topological polar surface area (TPSA) is 87.1 Å². The van der Waals surface area contributed by atoms with Crippen molar-refractivity contribution < 1.29 is 24.5 Å². The second-order valence-electron chi connectivity index (χ2n) is 7.50. The quantitative estimate of drug-likeness (QED) is 0.750. The van der Waals surface area contributed by atoms with Gasteiger partial charge < -0.3 is 19.8 Å². The monoisotopic (exact) mass is 397 g/mol. The Morgan fingerprint density at radius 2 is 1.83 bits per heavy atom. The number of likely N-dealkylation sites (tertiary alicyclic amines) is 1. The maximum Gasteiger partial charge on any atom is 0.314 e. The fourth-order valence-corrected chi connectivity index (χ4v) is 3.82. The van der Waals surface area contributed by atoms with Crippen LogP contribution in [-0.4, -0.2) is 52.8 Å². The van der Waals surface area contributed by atoms with Crippen LogP contribution in [0, 0.1) is 5.41 Å². The lowest BCUT2D eigenvalue weighted by molar-refractivity contribution is -0.161. The zero-order valence-electron chi connectivity index (χ0n) is 16.6. The van der Waals surface area contributed by atoms with Gasteiger partial charge in [0, 0.05) is 13.1 Å². The van der Waals surface area contributed by atoms with Crippen LogP contribution in [0.4, 0.5) is 0 Å². The number of carboxylic acid groups (broad SMARTS) is 1. The minimum atomic E-state index is -1.45. The number of nitrogens with zero attached hydrogens (tertiary/aromatic N) is 1. The van der Waals surface area contributed by atoms with Crippen LogP contribution in [0.15, 0.2) is 54.6 Å². The molecule has 0 radical (unpaired) electrons. The zero-order valence-corrected chi connectivity index (χ0v) is 16.6. The van der Waals surface area contributed by atoms with E-state index >= 15 is 0 Å². The molecule has 2 aromatic carbocycles. The molecule has 1 amide bonds. The molecule has 0 aromatic heterocycles. The van der Waals surface area contributed by atoms with Crippen molar-refractivity contribution in [3.05, 3.63) is 65.7 Å². The molecule has 2 N–H and O–H groups in total. The molecule has 0 unspecified atom stereocenters. The van der Waals surface area contributed by atoms with Crippen molar-refractivity contribution >= 4 is 11.9 Å². The Labute approximate surface area is 170 Å². The number of aliphatic carboxylic acids is 1. The number of para-hydroxylation sites is 1. The SMILES string of the molecule is CCCOc1ccccc1C(=O)N1CC[C@@H](O)[C@](Cc2ccccc2)(C(=O)O)C1. The van der Waals surface area contributed by atoms with Crippen molar-refractivity contribution in [2.75, 3.05) is 19.7 Å². The van der Waals surface area contributed by atoms with E-state index in [2.05, 4.69) is 0 Å². The maximum atomic E-state index is 13.2. The summed E-state index contributed by atoms with van der Waals surface area (Å²) in [7, 11) is 0. The number of carbonyl (C=O) groups excluding carboxylic acids is 1. The molecule has 0 saturated carbocycles. The highest BCUT2D eigenvalue weighted by Gasteiger charge is 2.50. The number of amides is 1. The van der Waals surface area contributed by atoms with Gasteiger partial charge in [-0.1, -0.05) is 49.4 Å². The molecule has 0 bridgehead atoms. The van der Waals surface area contributed by atoms with Crippen LogP contribution in [0.25, 0.3) is 0 Å². The van der Waals surface area contributed by atoms with Gasteiger partial charge in [0.15, 0.2) is 0 Å². The number of ether oxygens (including phenoxy) is 1. The summed E-state index contributed by atoms with van der Waals surface area (Å²) in [6.07, 6.45) is 0.151. The van der Waals surface area contributed by atoms with Crippen molar-refractivity contribution in [3.8, 4) is 5.75 Å². The van der Waals surface area contributed by atoms with E-state index in [4.69, 9.17) is 4.74 Å². The van der Waals surface area contributed by atoms with Crippen LogP contribution in [-0.2, 0) is 11.2 Å². The number of aliphatic hydroxyl groups excluding tert-OH is 1. The Morgan fingerprint density at radius 3 is 2.52 bits per heavy atom. The van der Waals surface area contributed by atoms with Crippen LogP contribution < -0.4 is 4.74 Å². The predicted octanol–water partition coefficient (Wildman–Crippen LogP) is 3.00. The van der Waals surface area contributed by atoms with Crippen molar-refractivity contribution in [1.29, 1.82) is 0 Å². The van der Waals surface area contributed by atoms with Gasteiger partial charge in [-0.15, -0.1) is 0 Å². The summed E-state index contributed by atoms with van der Waals surface area (Å²) >= 11 is 0. The number of rotatable bonds is 7. The van der Waals surface area contributed by atoms with E-state index in [-0.39, 0.29) is 25.3 Å². The van der Waals surface area contributed by atoms with E-state index in [0.717, 1.165) is 12.0 Å². The first kappa shape index (κ1) is 20.9. The normalized spacial score (nSPS) is 21.6. The van der Waals surface area contributed by atoms with Crippen LogP contribution in [0.1, 0.15) is 35.7 Å². The van der Waals surface area contributed by atoms with Gasteiger partial charge >= 0.3 is 5.97 Å². The lowest BCUT2D eigenvalue weighted by atomic mass is 9.72. The second-order valence-corrected chi connectivity index (χ2v) is 7.50. The number of aliphatic hydroxyl groups is 1. The third-order valence-electron chi connectivity index (χ3n) is 5.44. The zero-order chi connectivity index (χ0) is 20.9. The minimum Gasteiger partial charge on any atom is -0.493 e. The fourth-order valence-electron chi connectivity index (χ4n) is 3.82. The third kappa shape index (κ3) is 4.43. The summed E-state index contributed by atoms with van der Waals surface area (Å²) in [4.78, 5) is 27.0. The summed E-state index contributed by atoms with van der Waals surface area (Å²) in [5, 5.41) is 20.7. The highest BCUT2D eigenvalue weighted by atomic mass is 16.5. The standard InChI is InChI=1S/C23H27NO5/c1-2-14-29-19-11-7-6-10-18(19)21(26)24-13-12-20(25)23(16-24,22(27)28)15-17-8-4-3-5-9-17/h3-11,20,25H,2,12-16H2,1H3,(H,27,28)/t20-,23-/m1/s1. The number of carbonyl (C=O) groups is 2. The fraction of sp³-hybridized carbons (Fsp3) is 0.391. The summed E-state index contributed by atoms with van der Waals surface area (Å²) in [5.41, 5.74) is -0.222. The molecule has 1 saturated heterocycles. The number of benzene rings is 2. The molecular weight excluding hydrogens is 370 g/mol. The van der Waals surface area contributed by atoms with Crippen LogP contribution in [0.3, 0.4) is 0 Å². The summed E-state index contributed by atoms with van der Waals surface area (Å²) in [5.74, 6) is -0.876. The van der Waals surface area contributed by atoms with Gasteiger partial charge in [-0.3, -0.25) is 9.59 Å². The van der Waals surface area contributed by atoms with Crippen molar-refractivity contribution in [2.24, 2.45) is 5.41 Å². The maximum absolute atomic E-state index is 13.2. The molecule has 6 nitrogen and oxygen atoms in total. The average Bonchev–Trinajstić information content (AvgIpc) is 2.74. The van der Waals surface area contributed by atoms with E-state index in [0.29, 0.717) is 24.5 Å². The molecule has 1 aliphatic rings. The van der Waals surface area contributed by atoms with Gasteiger partial charge in [-0.2, -0.15) is 0 Å². The Kier molecular flexibility index (Phi) is 6.54. The third-order valence-corrected chi connectivity index (χ3v) is 5.44. The van der Waals surface area contributed by atoms with Gasteiger partial charge in [0.05, 0.1) is 18.3 Å². The summed E-state index contributed by atoms with van der Waals surface area (Å²) < 4.78 is 5.70. The van der Waals surface area contributed by atoms with Crippen molar-refractivity contribution in [1.82, 2.24) is 4.90 Å². The number of piperidine rings is 1. The smallest absolute Gasteiger partial charge is 0.314 e. The molecule has 1 heterocycles. The van der Waals surface area contributed by atoms with Gasteiger partial charge in [-0.25, -0.2) is 0 Å². The summed E-state index contributed by atoms with van der Waals surface area (Å²) in [6, 6.07) is 16.2. The highest BCUT2D eigenvalue weighted by molar-refractivity contribution is 5.97. The molecule has 29 heavy (non-hydrogen) atoms. The van der Waals surface area contributed by atoms with Crippen molar-refractivity contribution in [3.63, 3.8) is 0 Å². The number of carboxylic acids is 1. The molecule has 2 atom stereocenters. The van der Waals surface area contributed by atoms with Crippen LogP contribution >= 0.6 is 0 Å². The first-order valence-corrected chi connectivity index (χ1v) is 9.94. The average molecular weight is 397 g/mol. The highest BCUT2D eigenvalue weighted by Crippen LogP contribution is 2.36. The van der Waals surface area contributed by atoms with E-state index in [1.165, 1.54) is 4.90 Å².